The fourth-order valence-corrected chi connectivity index (χ4v) is 8.22. The van der Waals surface area contributed by atoms with E-state index in [1.54, 1.807) is 0 Å². The molecule has 236 valence electrons. The minimum atomic E-state index is -1.88. The molecule has 1 fully saturated rings. The molecular weight excluding hydrogens is 545 g/mol. The summed E-state index contributed by atoms with van der Waals surface area (Å²) in [6.45, 7) is 27.9. The fourth-order valence-electron chi connectivity index (χ4n) is 5.01. The Balaban J connectivity index is 1.86. The summed E-state index contributed by atoms with van der Waals surface area (Å²) >= 11 is 0. The molecule has 2 rings (SSSR count). The lowest BCUT2D eigenvalue weighted by atomic mass is 10.0. The second-order valence-electron chi connectivity index (χ2n) is 15.5. The maximum Gasteiger partial charge on any atom is 0.250 e. The Morgan fingerprint density at radius 3 is 1.74 bits per heavy atom. The van der Waals surface area contributed by atoms with Crippen LogP contribution in [-0.4, -0.2) is 28.1 Å². The summed E-state index contributed by atoms with van der Waals surface area (Å²) in [4.78, 5) is 0. The molecule has 0 N–H and O–H groups in total. The van der Waals surface area contributed by atoms with Gasteiger partial charge in [-0.25, -0.2) is 0 Å². The molecular formula is C38H64O2Si2. The third kappa shape index (κ3) is 12.9. The van der Waals surface area contributed by atoms with Gasteiger partial charge in [0.2, 0.25) is 8.32 Å². The smallest absolute Gasteiger partial charge is 0.250 e. The lowest BCUT2D eigenvalue weighted by Gasteiger charge is -2.37. The third-order valence-corrected chi connectivity index (χ3v) is 17.0. The number of benzene rings is 1. The van der Waals surface area contributed by atoms with E-state index in [1.807, 2.05) is 0 Å². The molecule has 0 saturated carbocycles. The van der Waals surface area contributed by atoms with Crippen LogP contribution < -0.4 is 5.19 Å². The summed E-state index contributed by atoms with van der Waals surface area (Å²) in [6, 6.07) is 12.2. The number of allylic oxidation sites excluding steroid dienone is 8. The highest BCUT2D eigenvalue weighted by atomic mass is 28.4. The van der Waals surface area contributed by atoms with Crippen molar-refractivity contribution in [3.05, 3.63) is 77.1 Å². The molecule has 1 atom stereocenters. The number of epoxide rings is 1. The highest BCUT2D eigenvalue weighted by molar-refractivity contribution is 6.90. The molecule has 1 aromatic rings. The van der Waals surface area contributed by atoms with E-state index in [4.69, 9.17) is 9.16 Å². The van der Waals surface area contributed by atoms with E-state index in [2.05, 4.69) is 136 Å². The van der Waals surface area contributed by atoms with Gasteiger partial charge in [0.05, 0.1) is 25.5 Å². The van der Waals surface area contributed by atoms with Crippen LogP contribution in [0.15, 0.2) is 77.1 Å². The number of hydrogen-bond donors (Lipinski definition) is 0. The quantitative estimate of drug-likeness (QED) is 0.0759. The third-order valence-electron chi connectivity index (χ3n) is 9.50. The molecule has 0 bridgehead atoms. The van der Waals surface area contributed by atoms with E-state index < -0.39 is 16.4 Å². The SMILES string of the molecule is C/C(=C\CC/C(C)=C/CC/C(=C\C[Si](C)(C)c1ccccc1)O[Si](C)(C)C(C)(C)C)CC/C=C(\C)CC[C@@H]1OC1(C)C. The van der Waals surface area contributed by atoms with Crippen LogP contribution in [0, 0.1) is 0 Å². The average Bonchev–Trinajstić information content (AvgIpc) is 3.51. The molecule has 0 aromatic heterocycles. The zero-order valence-corrected chi connectivity index (χ0v) is 31.5. The molecule has 1 heterocycles. The van der Waals surface area contributed by atoms with Crippen molar-refractivity contribution in [3.8, 4) is 0 Å². The maximum atomic E-state index is 6.89. The Morgan fingerprint density at radius 1 is 0.786 bits per heavy atom. The van der Waals surface area contributed by atoms with Crippen LogP contribution in [0.5, 0.6) is 0 Å². The van der Waals surface area contributed by atoms with Crippen LogP contribution in [0.25, 0.3) is 0 Å². The van der Waals surface area contributed by atoms with Gasteiger partial charge in [0, 0.05) is 6.42 Å². The molecule has 0 spiro atoms. The molecule has 0 unspecified atom stereocenters. The summed E-state index contributed by atoms with van der Waals surface area (Å²) in [5.41, 5.74) is 4.62. The van der Waals surface area contributed by atoms with Gasteiger partial charge < -0.3 is 9.16 Å². The van der Waals surface area contributed by atoms with Gasteiger partial charge in [0.15, 0.2) is 0 Å². The molecule has 1 aliphatic rings. The van der Waals surface area contributed by atoms with Crippen molar-refractivity contribution < 1.29 is 9.16 Å². The molecule has 0 aliphatic carbocycles. The number of ether oxygens (including phenoxy) is 1. The van der Waals surface area contributed by atoms with Gasteiger partial charge in [0.1, 0.15) is 0 Å². The Morgan fingerprint density at radius 2 is 1.26 bits per heavy atom. The van der Waals surface area contributed by atoms with Gasteiger partial charge in [-0.05, 0) is 104 Å². The Bertz CT molecular complexity index is 1100. The minimum Gasteiger partial charge on any atom is -0.547 e. The van der Waals surface area contributed by atoms with Gasteiger partial charge in [-0.1, -0.05) is 110 Å². The number of hydrogen-bond acceptors (Lipinski definition) is 2. The Kier molecular flexibility index (Phi) is 13.8. The van der Waals surface area contributed by atoms with Crippen LogP contribution in [0.1, 0.15) is 107 Å². The molecule has 42 heavy (non-hydrogen) atoms. The van der Waals surface area contributed by atoms with Crippen molar-refractivity contribution in [2.75, 3.05) is 0 Å². The van der Waals surface area contributed by atoms with E-state index in [-0.39, 0.29) is 10.6 Å². The highest BCUT2D eigenvalue weighted by Gasteiger charge is 2.46. The highest BCUT2D eigenvalue weighted by Crippen LogP contribution is 2.39. The fraction of sp³-hybridized carbons (Fsp3) is 0.632. The Hall–Kier alpha value is -1.63. The second-order valence-corrected chi connectivity index (χ2v) is 25.0. The first-order valence-corrected chi connectivity index (χ1v) is 22.6. The zero-order valence-electron chi connectivity index (χ0n) is 29.5. The van der Waals surface area contributed by atoms with Gasteiger partial charge in [0.25, 0.3) is 0 Å². The lowest BCUT2D eigenvalue weighted by Crippen LogP contribution is -2.41. The van der Waals surface area contributed by atoms with Crippen LogP contribution in [0.3, 0.4) is 0 Å². The summed E-state index contributed by atoms with van der Waals surface area (Å²) in [7, 11) is -3.43. The maximum absolute atomic E-state index is 6.89. The van der Waals surface area contributed by atoms with E-state index in [0.717, 1.165) is 57.4 Å². The standard InChI is InChI=1S/C38H64O2Si2/c1-31(21-17-22-33(3)27-28-36-38(7,8)39-36)19-16-20-32(2)23-18-24-34(40-42(11,12)37(4,5)6)29-30-41(9,10)35-25-14-13-15-26-35/h13-15,19,22-23,25-26,29,36H,16-18,20-21,24,27-28,30H2,1-12H3/b31-19+,32-23+,33-22+,34-29+/t36-/m0/s1. The van der Waals surface area contributed by atoms with Gasteiger partial charge in [-0.15, -0.1) is 0 Å². The largest absolute Gasteiger partial charge is 0.547 e. The molecule has 0 radical (unpaired) electrons. The second kappa shape index (κ2) is 15.9. The minimum absolute atomic E-state index is 0.116. The molecule has 1 saturated heterocycles. The van der Waals surface area contributed by atoms with Crippen LogP contribution in [0.4, 0.5) is 0 Å². The molecule has 0 amide bonds. The molecule has 1 aromatic carbocycles. The van der Waals surface area contributed by atoms with E-state index >= 15 is 0 Å². The predicted molar refractivity (Wildman–Crippen MR) is 192 cm³/mol. The van der Waals surface area contributed by atoms with Gasteiger partial charge in [-0.3, -0.25) is 0 Å². The van der Waals surface area contributed by atoms with E-state index in [0.29, 0.717) is 6.10 Å². The number of rotatable bonds is 17. The predicted octanol–water partition coefficient (Wildman–Crippen LogP) is 11.6. The monoisotopic (exact) mass is 608 g/mol. The van der Waals surface area contributed by atoms with Gasteiger partial charge in [-0.2, -0.15) is 0 Å². The summed E-state index contributed by atoms with van der Waals surface area (Å²) < 4.78 is 12.6. The topological polar surface area (TPSA) is 21.8 Å². The first-order valence-electron chi connectivity index (χ1n) is 16.5. The summed E-state index contributed by atoms with van der Waals surface area (Å²) in [5, 5.41) is 1.72. The van der Waals surface area contributed by atoms with E-state index in [1.165, 1.54) is 27.7 Å². The normalized spacial score (nSPS) is 18.8. The van der Waals surface area contributed by atoms with Crippen LogP contribution in [-0.2, 0) is 9.16 Å². The van der Waals surface area contributed by atoms with Crippen molar-refractivity contribution in [2.45, 2.75) is 156 Å². The van der Waals surface area contributed by atoms with Crippen molar-refractivity contribution in [3.63, 3.8) is 0 Å². The summed E-state index contributed by atoms with van der Waals surface area (Å²) in [6.07, 6.45) is 19.2. The summed E-state index contributed by atoms with van der Waals surface area (Å²) in [5.74, 6) is 1.22. The Labute approximate surface area is 262 Å². The van der Waals surface area contributed by atoms with Crippen LogP contribution >= 0.6 is 0 Å². The van der Waals surface area contributed by atoms with Gasteiger partial charge >= 0.3 is 0 Å². The zero-order chi connectivity index (χ0) is 31.6. The average molecular weight is 609 g/mol. The molecule has 2 nitrogen and oxygen atoms in total. The first kappa shape index (κ1) is 36.6. The van der Waals surface area contributed by atoms with Crippen molar-refractivity contribution in [2.24, 2.45) is 0 Å². The molecule has 1 aliphatic heterocycles. The first-order chi connectivity index (χ1) is 19.4. The van der Waals surface area contributed by atoms with Crippen molar-refractivity contribution >= 4 is 21.6 Å². The molecule has 4 heteroatoms. The van der Waals surface area contributed by atoms with Crippen molar-refractivity contribution in [1.82, 2.24) is 0 Å². The van der Waals surface area contributed by atoms with Crippen LogP contribution in [0.2, 0.25) is 37.3 Å². The lowest BCUT2D eigenvalue weighted by molar-refractivity contribution is 0.320. The van der Waals surface area contributed by atoms with E-state index in [9.17, 15) is 0 Å². The van der Waals surface area contributed by atoms with Crippen molar-refractivity contribution in [1.29, 1.82) is 0 Å².